The Labute approximate surface area is 103 Å². The lowest BCUT2D eigenvalue weighted by atomic mass is 10.1. The van der Waals surface area contributed by atoms with Gasteiger partial charge in [-0.15, -0.1) is 11.3 Å². The first-order valence-corrected chi connectivity index (χ1v) is 5.87. The average molecular weight is 249 g/mol. The zero-order valence-electron chi connectivity index (χ0n) is 9.21. The first-order valence-electron chi connectivity index (χ1n) is 4.99. The lowest BCUT2D eigenvalue weighted by molar-refractivity contribution is 0.0691. The fraction of sp³-hybridized carbons (Fsp3) is 0.167. The molecule has 2 aromatic rings. The maximum Gasteiger partial charge on any atom is 0.355 e. The first kappa shape index (κ1) is 11.6. The van der Waals surface area contributed by atoms with Crippen molar-refractivity contribution in [2.45, 2.75) is 6.42 Å². The van der Waals surface area contributed by atoms with Gasteiger partial charge in [-0.25, -0.2) is 9.78 Å². The number of nitrogens with zero attached hydrogens (tertiary/aromatic N) is 1. The molecular weight excluding hydrogens is 238 g/mol. The van der Waals surface area contributed by atoms with E-state index in [9.17, 15) is 4.79 Å². The second kappa shape index (κ2) is 4.97. The molecule has 0 aliphatic carbocycles. The molecule has 0 atom stereocenters. The van der Waals surface area contributed by atoms with Crippen LogP contribution in [0.15, 0.2) is 29.6 Å². The van der Waals surface area contributed by atoms with Crippen molar-refractivity contribution in [1.82, 2.24) is 4.98 Å². The second-order valence-electron chi connectivity index (χ2n) is 3.46. The van der Waals surface area contributed by atoms with Crippen LogP contribution in [0.1, 0.15) is 21.1 Å². The Morgan fingerprint density at radius 2 is 2.12 bits per heavy atom. The molecule has 1 aromatic carbocycles. The van der Waals surface area contributed by atoms with Crippen molar-refractivity contribution in [3.05, 3.63) is 45.9 Å². The summed E-state index contributed by atoms with van der Waals surface area (Å²) in [6, 6.07) is 7.64. The molecule has 0 aliphatic rings. The summed E-state index contributed by atoms with van der Waals surface area (Å²) >= 11 is 1.36. The third-order valence-corrected chi connectivity index (χ3v) is 3.13. The number of rotatable bonds is 4. The highest BCUT2D eigenvalue weighted by Gasteiger charge is 2.08. The molecule has 2 rings (SSSR count). The minimum atomic E-state index is -0.984. The monoisotopic (exact) mass is 249 g/mol. The van der Waals surface area contributed by atoms with E-state index in [1.807, 2.05) is 24.3 Å². The average Bonchev–Trinajstić information content (AvgIpc) is 2.79. The molecule has 0 radical (unpaired) electrons. The van der Waals surface area contributed by atoms with E-state index in [1.165, 1.54) is 11.3 Å². The molecule has 0 amide bonds. The molecule has 4 nitrogen and oxygen atoms in total. The molecule has 5 heteroatoms. The van der Waals surface area contributed by atoms with Crippen LogP contribution in [-0.4, -0.2) is 23.2 Å². The van der Waals surface area contributed by atoms with Gasteiger partial charge in [0, 0.05) is 11.8 Å². The van der Waals surface area contributed by atoms with Gasteiger partial charge in [-0.05, 0) is 17.7 Å². The zero-order valence-corrected chi connectivity index (χ0v) is 10.0. The maximum atomic E-state index is 10.7. The SMILES string of the molecule is COc1ccc(Cc2nc(C(=O)O)cs2)cc1. The standard InChI is InChI=1S/C12H11NO3S/c1-16-9-4-2-8(3-5-9)6-11-13-10(7-17-11)12(14)15/h2-5,7H,6H2,1H3,(H,14,15). The van der Waals surface area contributed by atoms with Crippen molar-refractivity contribution < 1.29 is 14.6 Å². The number of carboxylic acids is 1. The summed E-state index contributed by atoms with van der Waals surface area (Å²) in [5.74, 6) is -0.179. The van der Waals surface area contributed by atoms with Gasteiger partial charge in [0.1, 0.15) is 5.75 Å². The highest BCUT2D eigenvalue weighted by molar-refractivity contribution is 7.09. The summed E-state index contributed by atoms with van der Waals surface area (Å²) in [5.41, 5.74) is 1.19. The minimum Gasteiger partial charge on any atom is -0.497 e. The molecule has 1 N–H and O–H groups in total. The predicted octanol–water partition coefficient (Wildman–Crippen LogP) is 2.44. The summed E-state index contributed by atoms with van der Waals surface area (Å²) < 4.78 is 5.06. The first-order chi connectivity index (χ1) is 8.19. The number of thiazole rings is 1. The van der Waals surface area contributed by atoms with Gasteiger partial charge < -0.3 is 9.84 Å². The highest BCUT2D eigenvalue weighted by Crippen LogP contribution is 2.17. The normalized spacial score (nSPS) is 10.2. The van der Waals surface area contributed by atoms with Crippen LogP contribution < -0.4 is 4.74 Å². The van der Waals surface area contributed by atoms with Gasteiger partial charge in [-0.3, -0.25) is 0 Å². The lowest BCUT2D eigenvalue weighted by Gasteiger charge is -2.01. The van der Waals surface area contributed by atoms with E-state index >= 15 is 0 Å². The Kier molecular flexibility index (Phi) is 3.39. The van der Waals surface area contributed by atoms with Gasteiger partial charge in [0.05, 0.1) is 12.1 Å². The number of carboxylic acid groups (broad SMARTS) is 1. The van der Waals surface area contributed by atoms with Crippen molar-refractivity contribution in [3.63, 3.8) is 0 Å². The molecule has 0 spiro atoms. The predicted molar refractivity (Wildman–Crippen MR) is 64.9 cm³/mol. The number of ether oxygens (including phenoxy) is 1. The van der Waals surface area contributed by atoms with Crippen LogP contribution in [0.4, 0.5) is 0 Å². The Hall–Kier alpha value is -1.88. The summed E-state index contributed by atoms with van der Waals surface area (Å²) in [6.45, 7) is 0. The molecule has 0 fully saturated rings. The van der Waals surface area contributed by atoms with Gasteiger partial charge in [-0.1, -0.05) is 12.1 Å². The highest BCUT2D eigenvalue weighted by atomic mass is 32.1. The molecule has 17 heavy (non-hydrogen) atoms. The van der Waals surface area contributed by atoms with Gasteiger partial charge in [-0.2, -0.15) is 0 Å². The van der Waals surface area contributed by atoms with E-state index in [0.29, 0.717) is 6.42 Å². The number of aromatic nitrogens is 1. The van der Waals surface area contributed by atoms with Crippen molar-refractivity contribution >= 4 is 17.3 Å². The van der Waals surface area contributed by atoms with Crippen LogP contribution in [0, 0.1) is 0 Å². The van der Waals surface area contributed by atoms with Crippen LogP contribution >= 0.6 is 11.3 Å². The van der Waals surface area contributed by atoms with E-state index in [-0.39, 0.29) is 5.69 Å². The van der Waals surface area contributed by atoms with E-state index in [1.54, 1.807) is 12.5 Å². The molecular formula is C12H11NO3S. The number of hydrogen-bond acceptors (Lipinski definition) is 4. The second-order valence-corrected chi connectivity index (χ2v) is 4.40. The molecule has 0 aliphatic heterocycles. The molecule has 0 bridgehead atoms. The Morgan fingerprint density at radius 3 is 2.65 bits per heavy atom. The third-order valence-electron chi connectivity index (χ3n) is 2.29. The third kappa shape index (κ3) is 2.82. The zero-order chi connectivity index (χ0) is 12.3. The van der Waals surface area contributed by atoms with Crippen molar-refractivity contribution in [2.24, 2.45) is 0 Å². The van der Waals surface area contributed by atoms with E-state index in [0.717, 1.165) is 16.3 Å². The maximum absolute atomic E-state index is 10.7. The number of methoxy groups -OCH3 is 1. The molecule has 0 saturated heterocycles. The van der Waals surface area contributed by atoms with Crippen molar-refractivity contribution in [1.29, 1.82) is 0 Å². The molecule has 1 heterocycles. The van der Waals surface area contributed by atoms with Crippen LogP contribution in [0.25, 0.3) is 0 Å². The van der Waals surface area contributed by atoms with Crippen molar-refractivity contribution in [2.75, 3.05) is 7.11 Å². The summed E-state index contributed by atoms with van der Waals surface area (Å²) in [6.07, 6.45) is 0.641. The molecule has 0 saturated carbocycles. The lowest BCUT2D eigenvalue weighted by Crippen LogP contribution is -1.97. The van der Waals surface area contributed by atoms with Crippen LogP contribution in [0.2, 0.25) is 0 Å². The van der Waals surface area contributed by atoms with Gasteiger partial charge in [0.2, 0.25) is 0 Å². The molecule has 0 unspecified atom stereocenters. The van der Waals surface area contributed by atoms with Gasteiger partial charge in [0.15, 0.2) is 5.69 Å². The topological polar surface area (TPSA) is 59.4 Å². The molecule has 1 aromatic heterocycles. The summed E-state index contributed by atoms with van der Waals surface area (Å²) in [4.78, 5) is 14.7. The minimum absolute atomic E-state index is 0.110. The van der Waals surface area contributed by atoms with Crippen LogP contribution in [0.5, 0.6) is 5.75 Å². The van der Waals surface area contributed by atoms with Gasteiger partial charge in [0.25, 0.3) is 0 Å². The molecule has 88 valence electrons. The Bertz CT molecular complexity index is 519. The number of carbonyl (C=O) groups is 1. The van der Waals surface area contributed by atoms with Crippen LogP contribution in [-0.2, 0) is 6.42 Å². The fourth-order valence-corrected chi connectivity index (χ4v) is 2.21. The van der Waals surface area contributed by atoms with Crippen molar-refractivity contribution in [3.8, 4) is 5.75 Å². The number of aromatic carboxylic acids is 1. The van der Waals surface area contributed by atoms with E-state index < -0.39 is 5.97 Å². The largest absolute Gasteiger partial charge is 0.497 e. The fourth-order valence-electron chi connectivity index (χ4n) is 1.41. The Morgan fingerprint density at radius 1 is 1.41 bits per heavy atom. The van der Waals surface area contributed by atoms with Crippen LogP contribution in [0.3, 0.4) is 0 Å². The number of hydrogen-bond donors (Lipinski definition) is 1. The van der Waals surface area contributed by atoms with Gasteiger partial charge >= 0.3 is 5.97 Å². The quantitative estimate of drug-likeness (QED) is 0.904. The van der Waals surface area contributed by atoms with E-state index in [4.69, 9.17) is 9.84 Å². The summed E-state index contributed by atoms with van der Waals surface area (Å²) in [7, 11) is 1.62. The summed E-state index contributed by atoms with van der Waals surface area (Å²) in [5, 5.41) is 11.1. The smallest absolute Gasteiger partial charge is 0.355 e. The number of benzene rings is 1. The van der Waals surface area contributed by atoms with E-state index in [2.05, 4.69) is 4.98 Å². The Balaban J connectivity index is 2.11.